The van der Waals surface area contributed by atoms with E-state index < -0.39 is 5.54 Å². The van der Waals surface area contributed by atoms with E-state index in [-0.39, 0.29) is 23.6 Å². The number of amides is 4. The molecule has 1 aromatic rings. The van der Waals surface area contributed by atoms with Crippen molar-refractivity contribution in [3.05, 3.63) is 24.2 Å². The van der Waals surface area contributed by atoms with Crippen molar-refractivity contribution in [3.8, 4) is 0 Å². The molecule has 118 valence electrons. The van der Waals surface area contributed by atoms with Gasteiger partial charge in [-0.3, -0.25) is 14.5 Å². The van der Waals surface area contributed by atoms with Crippen LogP contribution in [0, 0.1) is 0 Å². The number of hydrogen-bond acceptors (Lipinski definition) is 4. The van der Waals surface area contributed by atoms with Gasteiger partial charge in [-0.05, 0) is 31.4 Å². The monoisotopic (exact) mass is 305 g/mol. The van der Waals surface area contributed by atoms with Crippen LogP contribution in [0.4, 0.5) is 4.79 Å². The van der Waals surface area contributed by atoms with Gasteiger partial charge in [-0.1, -0.05) is 12.8 Å². The number of imide groups is 1. The summed E-state index contributed by atoms with van der Waals surface area (Å²) in [5, 5.41) is 5.53. The van der Waals surface area contributed by atoms with Crippen LogP contribution in [0.15, 0.2) is 22.8 Å². The van der Waals surface area contributed by atoms with E-state index >= 15 is 0 Å². The third-order valence-electron chi connectivity index (χ3n) is 4.29. The van der Waals surface area contributed by atoms with E-state index in [0.717, 1.165) is 25.7 Å². The van der Waals surface area contributed by atoms with Crippen LogP contribution in [-0.2, 0) is 4.79 Å². The molecule has 22 heavy (non-hydrogen) atoms. The van der Waals surface area contributed by atoms with Gasteiger partial charge in [0.25, 0.3) is 11.8 Å². The van der Waals surface area contributed by atoms with Crippen LogP contribution in [-0.4, -0.2) is 41.4 Å². The number of furan rings is 1. The van der Waals surface area contributed by atoms with Gasteiger partial charge in [0.2, 0.25) is 0 Å². The zero-order valence-electron chi connectivity index (χ0n) is 12.3. The average molecular weight is 305 g/mol. The minimum absolute atomic E-state index is 0.118. The number of nitrogens with zero attached hydrogens (tertiary/aromatic N) is 1. The Kier molecular flexibility index (Phi) is 3.87. The fourth-order valence-electron chi connectivity index (χ4n) is 3.13. The van der Waals surface area contributed by atoms with E-state index in [4.69, 9.17) is 4.42 Å². The molecule has 2 fully saturated rings. The van der Waals surface area contributed by atoms with Crippen LogP contribution in [0.3, 0.4) is 0 Å². The normalized spacial score (nSPS) is 19.7. The Labute approximate surface area is 128 Å². The molecule has 0 radical (unpaired) electrons. The minimum Gasteiger partial charge on any atom is -0.459 e. The van der Waals surface area contributed by atoms with Gasteiger partial charge in [0.1, 0.15) is 5.54 Å². The van der Waals surface area contributed by atoms with E-state index in [1.165, 1.54) is 11.2 Å². The summed E-state index contributed by atoms with van der Waals surface area (Å²) >= 11 is 0. The molecule has 0 atom stereocenters. The van der Waals surface area contributed by atoms with Gasteiger partial charge in [-0.2, -0.15) is 0 Å². The SMILES string of the molecule is O=C(NCCCN1C(=O)NC2(CCCC2)C1=O)c1ccco1. The lowest BCUT2D eigenvalue weighted by atomic mass is 9.98. The predicted octanol–water partition coefficient (Wildman–Crippen LogP) is 1.26. The lowest BCUT2D eigenvalue weighted by Crippen LogP contribution is -2.44. The van der Waals surface area contributed by atoms with Gasteiger partial charge in [-0.25, -0.2) is 4.79 Å². The number of hydrogen-bond donors (Lipinski definition) is 2. The first-order valence-electron chi connectivity index (χ1n) is 7.58. The van der Waals surface area contributed by atoms with Gasteiger partial charge in [-0.15, -0.1) is 0 Å². The van der Waals surface area contributed by atoms with Crippen molar-refractivity contribution in [3.63, 3.8) is 0 Å². The molecule has 2 heterocycles. The molecule has 1 saturated heterocycles. The van der Waals surface area contributed by atoms with Crippen LogP contribution in [0.2, 0.25) is 0 Å². The van der Waals surface area contributed by atoms with E-state index in [1.807, 2.05) is 0 Å². The summed E-state index contributed by atoms with van der Waals surface area (Å²) in [4.78, 5) is 37.3. The second kappa shape index (κ2) is 5.82. The molecule has 2 N–H and O–H groups in total. The average Bonchev–Trinajstić information content (AvgIpc) is 3.21. The van der Waals surface area contributed by atoms with Crippen molar-refractivity contribution in [1.29, 1.82) is 0 Å². The number of carbonyl (C=O) groups is 3. The number of rotatable bonds is 5. The second-order valence-corrected chi connectivity index (χ2v) is 5.76. The molecular formula is C15H19N3O4. The van der Waals surface area contributed by atoms with Crippen LogP contribution < -0.4 is 10.6 Å². The Morgan fingerprint density at radius 2 is 2.14 bits per heavy atom. The summed E-state index contributed by atoms with van der Waals surface area (Å²) in [5.41, 5.74) is -0.658. The summed E-state index contributed by atoms with van der Waals surface area (Å²) in [6.07, 6.45) is 5.34. The van der Waals surface area contributed by atoms with Gasteiger partial charge in [0.15, 0.2) is 5.76 Å². The van der Waals surface area contributed by atoms with Gasteiger partial charge >= 0.3 is 6.03 Å². The summed E-state index contributed by atoms with van der Waals surface area (Å²) in [6, 6.07) is 2.91. The molecule has 0 aromatic carbocycles. The highest BCUT2D eigenvalue weighted by Crippen LogP contribution is 2.34. The zero-order valence-corrected chi connectivity index (χ0v) is 12.3. The van der Waals surface area contributed by atoms with Crippen molar-refractivity contribution in [1.82, 2.24) is 15.5 Å². The molecule has 1 aliphatic heterocycles. The Morgan fingerprint density at radius 3 is 2.82 bits per heavy atom. The van der Waals surface area contributed by atoms with E-state index in [1.54, 1.807) is 12.1 Å². The third-order valence-corrected chi connectivity index (χ3v) is 4.29. The Hall–Kier alpha value is -2.31. The summed E-state index contributed by atoms with van der Waals surface area (Å²) in [5.74, 6) is -0.165. The minimum atomic E-state index is -0.658. The highest BCUT2D eigenvalue weighted by atomic mass is 16.3. The van der Waals surface area contributed by atoms with Crippen molar-refractivity contribution >= 4 is 17.8 Å². The van der Waals surface area contributed by atoms with Crippen molar-refractivity contribution in [2.45, 2.75) is 37.6 Å². The molecule has 1 aromatic heterocycles. The van der Waals surface area contributed by atoms with Crippen molar-refractivity contribution in [2.24, 2.45) is 0 Å². The topological polar surface area (TPSA) is 91.7 Å². The molecule has 0 unspecified atom stereocenters. The number of urea groups is 1. The maximum absolute atomic E-state index is 12.4. The molecular weight excluding hydrogens is 286 g/mol. The molecule has 4 amide bonds. The first-order chi connectivity index (χ1) is 10.6. The van der Waals surface area contributed by atoms with Crippen LogP contribution in [0.25, 0.3) is 0 Å². The fourth-order valence-corrected chi connectivity index (χ4v) is 3.13. The van der Waals surface area contributed by atoms with Gasteiger partial charge < -0.3 is 15.1 Å². The molecule has 1 saturated carbocycles. The standard InChI is InChI=1S/C15H19N3O4/c19-12(11-5-3-10-22-11)16-8-4-9-18-13(20)15(17-14(18)21)6-1-2-7-15/h3,5,10H,1-2,4,6-9H2,(H,16,19)(H,17,21). The molecule has 1 aliphatic carbocycles. The van der Waals surface area contributed by atoms with Crippen LogP contribution in [0.1, 0.15) is 42.7 Å². The fraction of sp³-hybridized carbons (Fsp3) is 0.533. The van der Waals surface area contributed by atoms with E-state index in [2.05, 4.69) is 10.6 Å². The summed E-state index contributed by atoms with van der Waals surface area (Å²) in [6.45, 7) is 0.689. The van der Waals surface area contributed by atoms with E-state index in [0.29, 0.717) is 19.5 Å². The number of nitrogens with one attached hydrogen (secondary N) is 2. The Bertz CT molecular complexity index is 576. The highest BCUT2D eigenvalue weighted by molar-refractivity contribution is 6.07. The molecule has 7 heteroatoms. The maximum atomic E-state index is 12.4. The second-order valence-electron chi connectivity index (χ2n) is 5.76. The first-order valence-corrected chi connectivity index (χ1v) is 7.58. The first kappa shape index (κ1) is 14.6. The Morgan fingerprint density at radius 1 is 1.36 bits per heavy atom. The quantitative estimate of drug-likeness (QED) is 0.633. The lowest BCUT2D eigenvalue weighted by Gasteiger charge is -2.20. The Balaban J connectivity index is 1.47. The molecule has 0 bridgehead atoms. The molecule has 7 nitrogen and oxygen atoms in total. The third kappa shape index (κ3) is 2.58. The predicted molar refractivity (Wildman–Crippen MR) is 77.1 cm³/mol. The highest BCUT2D eigenvalue weighted by Gasteiger charge is 2.51. The van der Waals surface area contributed by atoms with Crippen molar-refractivity contribution < 1.29 is 18.8 Å². The van der Waals surface area contributed by atoms with Gasteiger partial charge in [0.05, 0.1) is 6.26 Å². The zero-order chi connectivity index (χ0) is 15.6. The lowest BCUT2D eigenvalue weighted by molar-refractivity contribution is -0.131. The number of carbonyl (C=O) groups excluding carboxylic acids is 3. The summed E-state index contributed by atoms with van der Waals surface area (Å²) < 4.78 is 4.98. The van der Waals surface area contributed by atoms with Crippen LogP contribution in [0.5, 0.6) is 0 Å². The molecule has 1 spiro atoms. The van der Waals surface area contributed by atoms with Crippen LogP contribution >= 0.6 is 0 Å². The van der Waals surface area contributed by atoms with Crippen molar-refractivity contribution in [2.75, 3.05) is 13.1 Å². The van der Waals surface area contributed by atoms with E-state index in [9.17, 15) is 14.4 Å². The molecule has 3 rings (SSSR count). The largest absolute Gasteiger partial charge is 0.459 e. The maximum Gasteiger partial charge on any atom is 0.325 e. The molecule has 2 aliphatic rings. The smallest absolute Gasteiger partial charge is 0.325 e. The van der Waals surface area contributed by atoms with Gasteiger partial charge in [0, 0.05) is 13.1 Å². The summed E-state index contributed by atoms with van der Waals surface area (Å²) in [7, 11) is 0.